The molecule has 1 atom stereocenters. The van der Waals surface area contributed by atoms with Crippen molar-refractivity contribution in [1.29, 1.82) is 5.26 Å². The summed E-state index contributed by atoms with van der Waals surface area (Å²) in [4.78, 5) is 25.3. The monoisotopic (exact) mass is 380 g/mol. The lowest BCUT2D eigenvalue weighted by atomic mass is 10.1. The van der Waals surface area contributed by atoms with E-state index in [1.54, 1.807) is 0 Å². The maximum absolute atomic E-state index is 12.5. The molecule has 0 aliphatic heterocycles. The Balaban J connectivity index is 1.60. The molecule has 8 heteroatoms. The highest BCUT2D eigenvalue weighted by molar-refractivity contribution is 8.00. The molecular formula is C18H12N4O2S2. The second-order valence-electron chi connectivity index (χ2n) is 5.60. The second kappa shape index (κ2) is 6.86. The Kier molecular flexibility index (Phi) is 4.41. The molecule has 3 aromatic heterocycles. The largest absolute Gasteiger partial charge is 0.451 e. The van der Waals surface area contributed by atoms with Crippen molar-refractivity contribution >= 4 is 51.0 Å². The molecule has 26 heavy (non-hydrogen) atoms. The third-order valence-electron chi connectivity index (χ3n) is 3.81. The first-order valence-corrected chi connectivity index (χ1v) is 9.63. The van der Waals surface area contributed by atoms with E-state index in [1.807, 2.05) is 36.6 Å². The van der Waals surface area contributed by atoms with Gasteiger partial charge in [0.05, 0.1) is 11.8 Å². The van der Waals surface area contributed by atoms with Gasteiger partial charge in [0.2, 0.25) is 0 Å². The molecule has 0 fully saturated rings. The zero-order valence-corrected chi connectivity index (χ0v) is 15.3. The van der Waals surface area contributed by atoms with E-state index in [-0.39, 0.29) is 11.5 Å². The number of carbonyl (C=O) groups is 1. The predicted molar refractivity (Wildman–Crippen MR) is 100 cm³/mol. The summed E-state index contributed by atoms with van der Waals surface area (Å²) in [6.45, 7) is 1.84. The number of nitrogens with zero attached hydrogens (tertiary/aromatic N) is 4. The first-order chi connectivity index (χ1) is 12.7. The van der Waals surface area contributed by atoms with Gasteiger partial charge in [0, 0.05) is 16.5 Å². The Hall–Kier alpha value is -2.76. The van der Waals surface area contributed by atoms with Crippen LogP contribution in [0.5, 0.6) is 0 Å². The smallest absolute Gasteiger partial charge is 0.186 e. The van der Waals surface area contributed by atoms with Crippen molar-refractivity contribution < 1.29 is 9.21 Å². The SMILES string of the molecule is Cc1csc([C@H](C#N)C(=O)CSc2ncnc3c2oc2ccccc23)n1. The molecule has 0 radical (unpaired) electrons. The number of rotatable bonds is 5. The zero-order chi connectivity index (χ0) is 18.1. The standard InChI is InChI=1S/C18H12N4O2S2/c1-10-7-25-17(22-10)12(6-19)13(23)8-26-18-16-15(20-9-21-18)11-4-2-3-5-14(11)24-16/h2-5,7,9,12H,8H2,1H3/t12-/m1/s1. The molecule has 0 spiro atoms. The molecule has 0 N–H and O–H groups in total. The van der Waals surface area contributed by atoms with Gasteiger partial charge in [-0.1, -0.05) is 23.9 Å². The number of thioether (sulfide) groups is 1. The van der Waals surface area contributed by atoms with Crippen molar-refractivity contribution in [3.8, 4) is 6.07 Å². The van der Waals surface area contributed by atoms with E-state index < -0.39 is 5.92 Å². The van der Waals surface area contributed by atoms with Gasteiger partial charge < -0.3 is 4.42 Å². The van der Waals surface area contributed by atoms with Crippen LogP contribution in [0.1, 0.15) is 16.6 Å². The highest BCUT2D eigenvalue weighted by atomic mass is 32.2. The number of aryl methyl sites for hydroxylation is 1. The fourth-order valence-electron chi connectivity index (χ4n) is 2.60. The first-order valence-electron chi connectivity index (χ1n) is 7.77. The zero-order valence-electron chi connectivity index (χ0n) is 13.7. The average molecular weight is 380 g/mol. The van der Waals surface area contributed by atoms with Gasteiger partial charge in [-0.15, -0.1) is 11.3 Å². The Morgan fingerprint density at radius 1 is 1.38 bits per heavy atom. The maximum atomic E-state index is 12.5. The van der Waals surface area contributed by atoms with E-state index in [1.165, 1.54) is 29.4 Å². The lowest BCUT2D eigenvalue weighted by Gasteiger charge is -2.04. The van der Waals surface area contributed by atoms with E-state index in [0.29, 0.717) is 15.6 Å². The van der Waals surface area contributed by atoms with Gasteiger partial charge in [0.15, 0.2) is 17.3 Å². The van der Waals surface area contributed by atoms with Crippen LogP contribution in [0.3, 0.4) is 0 Å². The fourth-order valence-corrected chi connectivity index (χ4v) is 4.30. The highest BCUT2D eigenvalue weighted by Gasteiger charge is 2.24. The van der Waals surface area contributed by atoms with Crippen molar-refractivity contribution in [2.45, 2.75) is 17.9 Å². The number of fused-ring (bicyclic) bond motifs is 3. The molecule has 128 valence electrons. The Morgan fingerprint density at radius 3 is 3.00 bits per heavy atom. The summed E-state index contributed by atoms with van der Waals surface area (Å²) >= 11 is 2.58. The van der Waals surface area contributed by atoms with E-state index in [4.69, 9.17) is 4.42 Å². The van der Waals surface area contributed by atoms with Crippen LogP contribution >= 0.6 is 23.1 Å². The molecule has 3 heterocycles. The van der Waals surface area contributed by atoms with Crippen molar-refractivity contribution in [3.05, 3.63) is 46.7 Å². The normalized spacial score (nSPS) is 12.3. The Morgan fingerprint density at radius 2 is 2.23 bits per heavy atom. The number of nitriles is 1. The lowest BCUT2D eigenvalue weighted by Crippen LogP contribution is -2.13. The van der Waals surface area contributed by atoms with Crippen LogP contribution in [-0.4, -0.2) is 26.5 Å². The molecule has 0 aliphatic carbocycles. The van der Waals surface area contributed by atoms with E-state index >= 15 is 0 Å². The second-order valence-corrected chi connectivity index (χ2v) is 7.45. The van der Waals surface area contributed by atoms with Crippen molar-refractivity contribution in [1.82, 2.24) is 15.0 Å². The number of ketones is 1. The fraction of sp³-hybridized carbons (Fsp3) is 0.167. The van der Waals surface area contributed by atoms with E-state index in [9.17, 15) is 10.1 Å². The predicted octanol–water partition coefficient (Wildman–Crippen LogP) is 4.11. The summed E-state index contributed by atoms with van der Waals surface area (Å²) in [5, 5.41) is 13.2. The molecule has 1 aromatic carbocycles. The summed E-state index contributed by atoms with van der Waals surface area (Å²) in [7, 11) is 0. The third-order valence-corrected chi connectivity index (χ3v) is 5.83. The van der Waals surface area contributed by atoms with Gasteiger partial charge >= 0.3 is 0 Å². The lowest BCUT2D eigenvalue weighted by molar-refractivity contribution is -0.116. The van der Waals surface area contributed by atoms with Gasteiger partial charge in [-0.05, 0) is 19.1 Å². The number of para-hydroxylation sites is 1. The number of thiazole rings is 1. The minimum Gasteiger partial charge on any atom is -0.451 e. The topological polar surface area (TPSA) is 92.7 Å². The van der Waals surface area contributed by atoms with Crippen molar-refractivity contribution in [2.75, 3.05) is 5.75 Å². The van der Waals surface area contributed by atoms with Crippen LogP contribution in [0, 0.1) is 18.3 Å². The van der Waals surface area contributed by atoms with Crippen LogP contribution in [-0.2, 0) is 4.79 Å². The van der Waals surface area contributed by atoms with Gasteiger partial charge in [-0.3, -0.25) is 4.79 Å². The third kappa shape index (κ3) is 2.96. The Labute approximate surface area is 156 Å². The molecule has 0 aliphatic rings. The number of hydrogen-bond acceptors (Lipinski definition) is 8. The minimum absolute atomic E-state index is 0.111. The van der Waals surface area contributed by atoms with Gasteiger partial charge in [0.1, 0.15) is 27.5 Å². The average Bonchev–Trinajstić information content (AvgIpc) is 3.24. The molecule has 0 amide bonds. The molecule has 0 bridgehead atoms. The summed E-state index contributed by atoms with van der Waals surface area (Å²) in [6.07, 6.45) is 1.46. The number of hydrogen-bond donors (Lipinski definition) is 0. The van der Waals surface area contributed by atoms with Gasteiger partial charge in [0.25, 0.3) is 0 Å². The number of aromatic nitrogens is 3. The molecule has 0 saturated heterocycles. The summed E-state index contributed by atoms with van der Waals surface area (Å²) in [6, 6.07) is 9.67. The van der Waals surface area contributed by atoms with Gasteiger partial charge in [-0.25, -0.2) is 15.0 Å². The number of Topliss-reactive ketones (excluding diaryl/α,β-unsaturated/α-hetero) is 1. The molecule has 6 nitrogen and oxygen atoms in total. The van der Waals surface area contributed by atoms with Crippen molar-refractivity contribution in [2.24, 2.45) is 0 Å². The summed E-state index contributed by atoms with van der Waals surface area (Å²) in [5.74, 6) is -0.941. The van der Waals surface area contributed by atoms with Crippen LogP contribution in [0.4, 0.5) is 0 Å². The highest BCUT2D eigenvalue weighted by Crippen LogP contribution is 2.33. The summed E-state index contributed by atoms with van der Waals surface area (Å²) < 4.78 is 5.86. The van der Waals surface area contributed by atoms with Crippen LogP contribution in [0.2, 0.25) is 0 Å². The summed E-state index contributed by atoms with van der Waals surface area (Å²) in [5.41, 5.74) is 2.82. The number of furan rings is 1. The van der Waals surface area contributed by atoms with Crippen LogP contribution in [0.25, 0.3) is 22.1 Å². The number of benzene rings is 1. The van der Waals surface area contributed by atoms with Gasteiger partial charge in [-0.2, -0.15) is 5.26 Å². The van der Waals surface area contributed by atoms with Crippen LogP contribution in [0.15, 0.2) is 45.4 Å². The minimum atomic E-state index is -0.853. The molecule has 0 unspecified atom stereocenters. The number of carbonyl (C=O) groups excluding carboxylic acids is 1. The quantitative estimate of drug-likeness (QED) is 0.380. The van der Waals surface area contributed by atoms with Crippen LogP contribution < -0.4 is 0 Å². The maximum Gasteiger partial charge on any atom is 0.186 e. The molecule has 4 aromatic rings. The molecule has 4 rings (SSSR count). The van der Waals surface area contributed by atoms with E-state index in [0.717, 1.165) is 22.2 Å². The molecule has 0 saturated carbocycles. The Bertz CT molecular complexity index is 1160. The molecular weight excluding hydrogens is 368 g/mol. The van der Waals surface area contributed by atoms with Crippen molar-refractivity contribution in [3.63, 3.8) is 0 Å². The first kappa shape index (κ1) is 16.7. The van der Waals surface area contributed by atoms with E-state index in [2.05, 4.69) is 21.0 Å².